The summed E-state index contributed by atoms with van der Waals surface area (Å²) in [6, 6.07) is 3.75. The molecule has 4 aromatic heterocycles. The maximum Gasteiger partial charge on any atom is 0.225 e. The van der Waals surface area contributed by atoms with Crippen LogP contribution in [0.2, 0.25) is 5.02 Å². The molecule has 5 rings (SSSR count). The van der Waals surface area contributed by atoms with Gasteiger partial charge in [-0.25, -0.2) is 15.0 Å². The van der Waals surface area contributed by atoms with Gasteiger partial charge in [0.25, 0.3) is 0 Å². The Balaban J connectivity index is 1.53. The first-order chi connectivity index (χ1) is 14.1. The van der Waals surface area contributed by atoms with Gasteiger partial charge in [-0.2, -0.15) is 5.10 Å². The number of pyridine rings is 1. The molecule has 1 aliphatic rings. The van der Waals surface area contributed by atoms with Gasteiger partial charge < -0.3 is 4.90 Å². The third-order valence-corrected chi connectivity index (χ3v) is 5.83. The summed E-state index contributed by atoms with van der Waals surface area (Å²) in [5.74, 6) is 1.72. The van der Waals surface area contributed by atoms with Crippen LogP contribution in [0.3, 0.4) is 0 Å². The van der Waals surface area contributed by atoms with E-state index in [1.54, 1.807) is 0 Å². The molecule has 0 saturated carbocycles. The van der Waals surface area contributed by atoms with Gasteiger partial charge in [0.05, 0.1) is 28.8 Å². The number of piperidine rings is 1. The first-order valence-corrected chi connectivity index (χ1v) is 10.2. The molecule has 0 spiro atoms. The largest absolute Gasteiger partial charge is 0.340 e. The second-order valence-corrected chi connectivity index (χ2v) is 8.33. The number of imidazole rings is 1. The molecular weight excluding hydrogens is 386 g/mol. The Morgan fingerprint density at radius 2 is 2.03 bits per heavy atom. The van der Waals surface area contributed by atoms with Gasteiger partial charge in [-0.1, -0.05) is 18.5 Å². The van der Waals surface area contributed by atoms with E-state index in [4.69, 9.17) is 16.6 Å². The zero-order valence-corrected chi connectivity index (χ0v) is 17.1. The average Bonchev–Trinajstić information content (AvgIpc) is 3.38. The van der Waals surface area contributed by atoms with Gasteiger partial charge in [0, 0.05) is 37.6 Å². The molecule has 1 N–H and O–H groups in total. The molecule has 1 saturated heterocycles. The molecule has 0 unspecified atom stereocenters. The highest BCUT2D eigenvalue weighted by molar-refractivity contribution is 6.30. The molecule has 4 aromatic rings. The number of anilines is 1. The number of rotatable bonds is 3. The van der Waals surface area contributed by atoms with Crippen LogP contribution in [0.25, 0.3) is 17.0 Å². The molecule has 5 heterocycles. The van der Waals surface area contributed by atoms with Crippen LogP contribution in [0.5, 0.6) is 0 Å². The van der Waals surface area contributed by atoms with Crippen LogP contribution in [0.4, 0.5) is 5.95 Å². The quantitative estimate of drug-likeness (QED) is 0.553. The molecule has 0 amide bonds. The van der Waals surface area contributed by atoms with Gasteiger partial charge in [0.2, 0.25) is 5.95 Å². The summed E-state index contributed by atoms with van der Waals surface area (Å²) < 4.78 is 1.98. The zero-order chi connectivity index (χ0) is 20.0. The van der Waals surface area contributed by atoms with E-state index in [-0.39, 0.29) is 0 Å². The normalized spacial score (nSPS) is 19.8. The van der Waals surface area contributed by atoms with Crippen molar-refractivity contribution in [1.29, 1.82) is 0 Å². The molecule has 0 bridgehead atoms. The molecule has 7 nitrogen and oxygen atoms in total. The molecule has 148 valence electrons. The monoisotopic (exact) mass is 407 g/mol. The van der Waals surface area contributed by atoms with Crippen molar-refractivity contribution in [2.24, 2.45) is 5.92 Å². The molecule has 0 aromatic carbocycles. The fourth-order valence-corrected chi connectivity index (χ4v) is 4.38. The highest BCUT2D eigenvalue weighted by atomic mass is 35.5. The minimum absolute atomic E-state index is 0.417. The number of hydrogen-bond acceptors (Lipinski definition) is 5. The summed E-state index contributed by atoms with van der Waals surface area (Å²) in [4.78, 5) is 16.4. The molecule has 1 fully saturated rings. The number of H-pyrrole nitrogens is 1. The molecule has 29 heavy (non-hydrogen) atoms. The van der Waals surface area contributed by atoms with E-state index in [9.17, 15) is 0 Å². The lowest BCUT2D eigenvalue weighted by Gasteiger charge is -2.36. The molecule has 0 aliphatic carbocycles. The van der Waals surface area contributed by atoms with E-state index in [0.717, 1.165) is 48.1 Å². The van der Waals surface area contributed by atoms with Crippen molar-refractivity contribution in [2.45, 2.75) is 26.2 Å². The molecular formula is C21H22ClN7. The highest BCUT2D eigenvalue weighted by Gasteiger charge is 2.28. The summed E-state index contributed by atoms with van der Waals surface area (Å²) in [7, 11) is 0. The minimum Gasteiger partial charge on any atom is -0.340 e. The van der Waals surface area contributed by atoms with Crippen molar-refractivity contribution in [2.75, 3.05) is 18.0 Å². The van der Waals surface area contributed by atoms with Gasteiger partial charge >= 0.3 is 0 Å². The van der Waals surface area contributed by atoms with E-state index in [0.29, 0.717) is 16.9 Å². The Bertz CT molecular complexity index is 1150. The average molecular weight is 408 g/mol. The SMILES string of the molecule is Cc1cnc(N2C[C@H](C)C[C@@H](c3cn[nH]c3)C2)nc1-c1cnc2ccc(Cl)cn12. The van der Waals surface area contributed by atoms with Crippen LogP contribution >= 0.6 is 11.6 Å². The Morgan fingerprint density at radius 3 is 2.86 bits per heavy atom. The highest BCUT2D eigenvalue weighted by Crippen LogP contribution is 2.32. The molecule has 1 aliphatic heterocycles. The fraction of sp³-hybridized carbons (Fsp3) is 0.333. The van der Waals surface area contributed by atoms with Crippen LogP contribution in [0.1, 0.15) is 30.4 Å². The van der Waals surface area contributed by atoms with Crippen molar-refractivity contribution >= 4 is 23.2 Å². The number of aromatic amines is 1. The van der Waals surface area contributed by atoms with Crippen LogP contribution in [-0.2, 0) is 0 Å². The number of nitrogens with one attached hydrogen (secondary N) is 1. The summed E-state index contributed by atoms with van der Waals surface area (Å²) in [6.07, 6.45) is 10.7. The third-order valence-electron chi connectivity index (χ3n) is 5.60. The lowest BCUT2D eigenvalue weighted by molar-refractivity contribution is 0.398. The summed E-state index contributed by atoms with van der Waals surface area (Å²) in [5.41, 5.74) is 4.89. The van der Waals surface area contributed by atoms with E-state index < -0.39 is 0 Å². The Morgan fingerprint density at radius 1 is 1.14 bits per heavy atom. The fourth-order valence-electron chi connectivity index (χ4n) is 4.21. The van der Waals surface area contributed by atoms with Crippen LogP contribution in [-0.4, -0.2) is 42.6 Å². The van der Waals surface area contributed by atoms with Crippen molar-refractivity contribution < 1.29 is 0 Å². The summed E-state index contributed by atoms with van der Waals surface area (Å²) >= 11 is 6.21. The van der Waals surface area contributed by atoms with Crippen LogP contribution < -0.4 is 4.90 Å². The number of aromatic nitrogens is 6. The third kappa shape index (κ3) is 3.35. The maximum absolute atomic E-state index is 6.21. The number of nitrogens with zero attached hydrogens (tertiary/aromatic N) is 6. The maximum atomic E-state index is 6.21. The number of halogens is 1. The first-order valence-electron chi connectivity index (χ1n) is 9.78. The number of fused-ring (bicyclic) bond motifs is 1. The van der Waals surface area contributed by atoms with Gasteiger partial charge in [-0.05, 0) is 42.5 Å². The van der Waals surface area contributed by atoms with Gasteiger partial charge in [-0.15, -0.1) is 0 Å². The number of aryl methyl sites for hydroxylation is 1. The zero-order valence-electron chi connectivity index (χ0n) is 16.4. The summed E-state index contributed by atoms with van der Waals surface area (Å²) in [5, 5.41) is 7.72. The van der Waals surface area contributed by atoms with E-state index in [1.807, 2.05) is 54.4 Å². The Kier molecular flexibility index (Phi) is 4.47. The predicted molar refractivity (Wildman–Crippen MR) is 113 cm³/mol. The molecule has 8 heteroatoms. The Labute approximate surface area is 173 Å². The van der Waals surface area contributed by atoms with Crippen molar-refractivity contribution in [3.63, 3.8) is 0 Å². The smallest absolute Gasteiger partial charge is 0.225 e. The second-order valence-electron chi connectivity index (χ2n) is 7.89. The molecule has 2 atom stereocenters. The lowest BCUT2D eigenvalue weighted by atomic mass is 9.87. The lowest BCUT2D eigenvalue weighted by Crippen LogP contribution is -2.39. The van der Waals surface area contributed by atoms with E-state index >= 15 is 0 Å². The second kappa shape index (κ2) is 7.15. The topological polar surface area (TPSA) is 75.0 Å². The molecule has 0 radical (unpaired) electrons. The van der Waals surface area contributed by atoms with Crippen molar-refractivity contribution in [1.82, 2.24) is 29.5 Å². The van der Waals surface area contributed by atoms with E-state index in [2.05, 4.69) is 32.0 Å². The van der Waals surface area contributed by atoms with Crippen LogP contribution in [0, 0.1) is 12.8 Å². The predicted octanol–water partition coefficient (Wildman–Crippen LogP) is 4.11. The van der Waals surface area contributed by atoms with Gasteiger partial charge in [0.1, 0.15) is 5.65 Å². The summed E-state index contributed by atoms with van der Waals surface area (Å²) in [6.45, 7) is 6.12. The van der Waals surface area contributed by atoms with Gasteiger partial charge in [-0.3, -0.25) is 9.50 Å². The standard InChI is InChI=1S/C21H22ClN7/c1-13-5-15(16-7-25-26-8-16)11-28(10-13)21-24-6-14(2)20(27-21)18-9-23-19-4-3-17(22)12-29(18)19/h3-4,6-9,12-13,15H,5,10-11H2,1-2H3,(H,25,26)/t13-,15-/m1/s1. The number of hydrogen-bond donors (Lipinski definition) is 1. The van der Waals surface area contributed by atoms with Crippen LogP contribution in [0.15, 0.2) is 43.1 Å². The van der Waals surface area contributed by atoms with Gasteiger partial charge in [0.15, 0.2) is 0 Å². The first kappa shape index (κ1) is 18.1. The van der Waals surface area contributed by atoms with Crippen molar-refractivity contribution in [3.05, 3.63) is 59.3 Å². The minimum atomic E-state index is 0.417. The Hall–Kier alpha value is -2.93. The van der Waals surface area contributed by atoms with Crippen molar-refractivity contribution in [3.8, 4) is 11.4 Å². The van der Waals surface area contributed by atoms with E-state index in [1.165, 1.54) is 5.56 Å².